The molecule has 2 N–H and O–H groups in total. The van der Waals surface area contributed by atoms with E-state index in [9.17, 15) is 4.79 Å². The molecule has 0 bridgehead atoms. The summed E-state index contributed by atoms with van der Waals surface area (Å²) in [4.78, 5) is 16.7. The van der Waals surface area contributed by atoms with E-state index in [1.54, 1.807) is 12.3 Å². The second-order valence-corrected chi connectivity index (χ2v) is 7.83. The number of aromatic nitrogens is 3. The lowest BCUT2D eigenvalue weighted by Crippen LogP contribution is -2.62. The average Bonchev–Trinajstić information content (AvgIpc) is 2.81. The van der Waals surface area contributed by atoms with Crippen LogP contribution in [0.3, 0.4) is 0 Å². The van der Waals surface area contributed by atoms with Crippen molar-refractivity contribution in [1.29, 1.82) is 0 Å². The molecule has 0 unspecified atom stereocenters. The predicted molar refractivity (Wildman–Crippen MR) is 87.0 cm³/mol. The molecule has 0 atom stereocenters. The average molecular weight is 319 g/mol. The lowest BCUT2D eigenvalue weighted by atomic mass is 9.79. The fourth-order valence-electron chi connectivity index (χ4n) is 3.50. The first kappa shape index (κ1) is 15.3. The molecule has 6 nitrogen and oxygen atoms in total. The van der Waals surface area contributed by atoms with Crippen molar-refractivity contribution in [2.24, 2.45) is 0 Å². The minimum Gasteiger partial charge on any atom is -0.349 e. The van der Waals surface area contributed by atoms with E-state index < -0.39 is 0 Å². The van der Waals surface area contributed by atoms with Crippen LogP contribution in [0.2, 0.25) is 0 Å². The Labute approximate surface area is 134 Å². The fourth-order valence-corrected chi connectivity index (χ4v) is 3.98. The number of hydrogen-bond donors (Lipinski definition) is 2. The van der Waals surface area contributed by atoms with E-state index in [2.05, 4.69) is 52.1 Å². The number of pyridine rings is 1. The van der Waals surface area contributed by atoms with Crippen molar-refractivity contribution in [3.8, 4) is 0 Å². The van der Waals surface area contributed by atoms with Crippen LogP contribution in [0.4, 0.5) is 0 Å². The Kier molecular flexibility index (Phi) is 3.65. The molecule has 22 heavy (non-hydrogen) atoms. The molecule has 3 heterocycles. The van der Waals surface area contributed by atoms with Crippen LogP contribution >= 0.6 is 11.7 Å². The highest BCUT2D eigenvalue weighted by molar-refractivity contribution is 7.00. The van der Waals surface area contributed by atoms with E-state index in [1.807, 2.05) is 0 Å². The topological polar surface area (TPSA) is 79.8 Å². The number of nitrogens with zero attached hydrogens (tertiary/aromatic N) is 3. The molecule has 1 aliphatic heterocycles. The van der Waals surface area contributed by atoms with Gasteiger partial charge in [0.1, 0.15) is 5.52 Å². The zero-order chi connectivity index (χ0) is 16.0. The summed E-state index contributed by atoms with van der Waals surface area (Å²) in [5, 5.41) is 6.75. The summed E-state index contributed by atoms with van der Waals surface area (Å²) in [5.41, 5.74) is 1.80. The van der Waals surface area contributed by atoms with Crippen LogP contribution in [0, 0.1) is 0 Å². The van der Waals surface area contributed by atoms with Crippen molar-refractivity contribution >= 4 is 28.8 Å². The van der Waals surface area contributed by atoms with Crippen molar-refractivity contribution in [1.82, 2.24) is 24.4 Å². The predicted octanol–water partition coefficient (Wildman–Crippen LogP) is 2.13. The molecule has 1 fully saturated rings. The number of carbonyl (C=O) groups is 1. The summed E-state index contributed by atoms with van der Waals surface area (Å²) >= 11 is 1.11. The molecule has 2 aromatic rings. The van der Waals surface area contributed by atoms with Gasteiger partial charge in [0, 0.05) is 23.3 Å². The van der Waals surface area contributed by atoms with Crippen LogP contribution in [0.25, 0.3) is 11.2 Å². The van der Waals surface area contributed by atoms with Crippen molar-refractivity contribution in [3.63, 3.8) is 0 Å². The van der Waals surface area contributed by atoms with Gasteiger partial charge in [-0.1, -0.05) is 0 Å². The lowest BCUT2D eigenvalue weighted by molar-refractivity contribution is 0.0873. The van der Waals surface area contributed by atoms with Crippen molar-refractivity contribution in [3.05, 3.63) is 17.8 Å². The van der Waals surface area contributed by atoms with Gasteiger partial charge in [-0.05, 0) is 46.6 Å². The molecular formula is C15H21N5OS. The summed E-state index contributed by atoms with van der Waals surface area (Å²) in [6, 6.07) is 1.89. The summed E-state index contributed by atoms with van der Waals surface area (Å²) in [6.07, 6.45) is 3.36. The van der Waals surface area contributed by atoms with Gasteiger partial charge in [-0.15, -0.1) is 0 Å². The summed E-state index contributed by atoms with van der Waals surface area (Å²) in [7, 11) is 0. The van der Waals surface area contributed by atoms with Gasteiger partial charge in [0.25, 0.3) is 5.91 Å². The Bertz CT molecular complexity index is 693. The van der Waals surface area contributed by atoms with E-state index in [0.29, 0.717) is 16.7 Å². The van der Waals surface area contributed by atoms with E-state index in [1.165, 1.54) is 0 Å². The zero-order valence-electron chi connectivity index (χ0n) is 13.3. The fraction of sp³-hybridized carbons (Fsp3) is 0.600. The van der Waals surface area contributed by atoms with Gasteiger partial charge in [0.05, 0.1) is 17.3 Å². The summed E-state index contributed by atoms with van der Waals surface area (Å²) < 4.78 is 8.19. The minimum atomic E-state index is -0.0964. The van der Waals surface area contributed by atoms with Crippen LogP contribution in [-0.2, 0) is 0 Å². The van der Waals surface area contributed by atoms with Crippen LogP contribution < -0.4 is 10.6 Å². The Morgan fingerprint density at radius 1 is 1.27 bits per heavy atom. The third-order valence-electron chi connectivity index (χ3n) is 3.90. The minimum absolute atomic E-state index is 0.000729. The Balaban J connectivity index is 1.75. The number of hydrogen-bond acceptors (Lipinski definition) is 6. The molecule has 0 saturated carbocycles. The molecule has 1 aliphatic rings. The molecule has 118 valence electrons. The van der Waals surface area contributed by atoms with Crippen molar-refractivity contribution in [2.45, 2.75) is 57.7 Å². The Morgan fingerprint density at radius 3 is 2.64 bits per heavy atom. The van der Waals surface area contributed by atoms with E-state index in [0.717, 1.165) is 24.6 Å². The highest BCUT2D eigenvalue weighted by Crippen LogP contribution is 2.28. The van der Waals surface area contributed by atoms with Gasteiger partial charge in [-0.2, -0.15) is 8.75 Å². The lowest BCUT2D eigenvalue weighted by Gasteiger charge is -2.46. The van der Waals surface area contributed by atoms with E-state index in [4.69, 9.17) is 0 Å². The zero-order valence-corrected chi connectivity index (χ0v) is 14.1. The van der Waals surface area contributed by atoms with Crippen LogP contribution in [0.5, 0.6) is 0 Å². The van der Waals surface area contributed by atoms with Gasteiger partial charge in [-0.25, -0.2) is 4.98 Å². The van der Waals surface area contributed by atoms with Crippen molar-refractivity contribution in [2.75, 3.05) is 0 Å². The maximum absolute atomic E-state index is 12.5. The van der Waals surface area contributed by atoms with Gasteiger partial charge in [0.2, 0.25) is 0 Å². The van der Waals surface area contributed by atoms with Crippen molar-refractivity contribution < 1.29 is 4.79 Å². The first-order chi connectivity index (χ1) is 10.2. The first-order valence-electron chi connectivity index (χ1n) is 7.43. The molecular weight excluding hydrogens is 298 g/mol. The summed E-state index contributed by atoms with van der Waals surface area (Å²) in [5.74, 6) is -0.0964. The monoisotopic (exact) mass is 319 g/mol. The molecule has 0 aliphatic carbocycles. The number of piperidine rings is 1. The Hall–Kier alpha value is -1.60. The van der Waals surface area contributed by atoms with Crippen LogP contribution in [0.1, 0.15) is 50.9 Å². The number of nitrogens with one attached hydrogen (secondary N) is 2. The SMILES string of the molecule is CC1(C)CC(NC(=O)c2cnc3nsnc3c2)CC(C)(C)N1. The number of rotatable bonds is 2. The van der Waals surface area contributed by atoms with Crippen LogP contribution in [0.15, 0.2) is 12.3 Å². The molecule has 7 heteroatoms. The van der Waals surface area contributed by atoms with E-state index in [-0.39, 0.29) is 23.0 Å². The summed E-state index contributed by atoms with van der Waals surface area (Å²) in [6.45, 7) is 8.67. The number of amides is 1. The molecule has 1 saturated heterocycles. The third kappa shape index (κ3) is 3.25. The molecule has 3 rings (SSSR count). The second kappa shape index (κ2) is 5.24. The largest absolute Gasteiger partial charge is 0.349 e. The van der Waals surface area contributed by atoms with Gasteiger partial charge in [0.15, 0.2) is 5.65 Å². The van der Waals surface area contributed by atoms with Gasteiger partial charge >= 0.3 is 0 Å². The maximum Gasteiger partial charge on any atom is 0.253 e. The maximum atomic E-state index is 12.5. The van der Waals surface area contributed by atoms with Crippen LogP contribution in [-0.4, -0.2) is 36.8 Å². The smallest absolute Gasteiger partial charge is 0.253 e. The highest BCUT2D eigenvalue weighted by atomic mass is 32.1. The normalized spacial score (nSPS) is 20.9. The number of carbonyl (C=O) groups excluding carboxylic acids is 1. The van der Waals surface area contributed by atoms with Gasteiger partial charge < -0.3 is 10.6 Å². The molecule has 0 spiro atoms. The molecule has 0 aromatic carbocycles. The number of fused-ring (bicyclic) bond motifs is 1. The molecule has 1 amide bonds. The first-order valence-corrected chi connectivity index (χ1v) is 8.16. The highest BCUT2D eigenvalue weighted by Gasteiger charge is 2.38. The molecule has 0 radical (unpaired) electrons. The third-order valence-corrected chi connectivity index (χ3v) is 4.43. The van der Waals surface area contributed by atoms with Gasteiger partial charge in [-0.3, -0.25) is 4.79 Å². The molecule has 2 aromatic heterocycles. The van der Waals surface area contributed by atoms with E-state index >= 15 is 0 Å². The Morgan fingerprint density at radius 2 is 1.95 bits per heavy atom. The second-order valence-electron chi connectivity index (χ2n) is 7.30. The standard InChI is InChI=1S/C15H21N5OS/c1-14(2)6-10(7-15(3,4)20-14)17-13(21)9-5-11-12(16-8-9)19-22-18-11/h5,8,10,20H,6-7H2,1-4H3,(H,17,21). The quantitative estimate of drug-likeness (QED) is 0.886.